The molecule has 0 fully saturated rings. The molecule has 2 amide bonds. The summed E-state index contributed by atoms with van der Waals surface area (Å²) < 4.78 is 25.3. The summed E-state index contributed by atoms with van der Waals surface area (Å²) in [6.45, 7) is 0. The molecule has 0 aliphatic rings. The summed E-state index contributed by atoms with van der Waals surface area (Å²) in [5, 5.41) is 6.86. The van der Waals surface area contributed by atoms with Crippen LogP contribution in [-0.4, -0.2) is 55.3 Å². The number of hydrogen-bond acceptors (Lipinski definition) is 5. The molecule has 1 N–H and O–H groups in total. The highest BCUT2D eigenvalue weighted by Gasteiger charge is 2.16. The third-order valence-electron chi connectivity index (χ3n) is 4.15. The second kappa shape index (κ2) is 7.88. The quantitative estimate of drug-likeness (QED) is 0.692. The van der Waals surface area contributed by atoms with Crippen molar-refractivity contribution in [1.29, 1.82) is 0 Å². The molecule has 0 unspecified atom stereocenters. The summed E-state index contributed by atoms with van der Waals surface area (Å²) in [6.07, 6.45) is 4.09. The van der Waals surface area contributed by atoms with Crippen LogP contribution < -0.4 is 5.32 Å². The topological polar surface area (TPSA) is 101 Å². The van der Waals surface area contributed by atoms with E-state index < -0.39 is 9.84 Å². The van der Waals surface area contributed by atoms with Crippen LogP contribution in [0.25, 0.3) is 5.69 Å². The van der Waals surface area contributed by atoms with Crippen molar-refractivity contribution < 1.29 is 18.0 Å². The van der Waals surface area contributed by atoms with Gasteiger partial charge in [-0.2, -0.15) is 5.10 Å². The Morgan fingerprint density at radius 1 is 1.00 bits per heavy atom. The van der Waals surface area contributed by atoms with E-state index in [1.807, 2.05) is 0 Å². The van der Waals surface area contributed by atoms with Crippen molar-refractivity contribution in [1.82, 2.24) is 14.7 Å². The third kappa shape index (κ3) is 4.52. The highest BCUT2D eigenvalue weighted by molar-refractivity contribution is 7.90. The van der Waals surface area contributed by atoms with Gasteiger partial charge in [0.25, 0.3) is 11.8 Å². The molecule has 150 valence electrons. The first kappa shape index (κ1) is 20.3. The number of rotatable bonds is 5. The van der Waals surface area contributed by atoms with Gasteiger partial charge in [0.15, 0.2) is 9.84 Å². The Kier molecular flexibility index (Phi) is 5.51. The maximum Gasteiger partial charge on any atom is 0.255 e. The highest BCUT2D eigenvalue weighted by atomic mass is 32.2. The molecule has 0 saturated heterocycles. The van der Waals surface area contributed by atoms with Crippen LogP contribution in [0.2, 0.25) is 0 Å². The maximum absolute atomic E-state index is 12.5. The maximum atomic E-state index is 12.5. The lowest BCUT2D eigenvalue weighted by Gasteiger charge is -2.10. The van der Waals surface area contributed by atoms with Gasteiger partial charge in [-0.15, -0.1) is 0 Å². The summed E-state index contributed by atoms with van der Waals surface area (Å²) in [6, 6.07) is 12.8. The van der Waals surface area contributed by atoms with Gasteiger partial charge >= 0.3 is 0 Å². The zero-order chi connectivity index (χ0) is 21.2. The number of hydrogen-bond donors (Lipinski definition) is 1. The molecule has 3 rings (SSSR count). The average Bonchev–Trinajstić information content (AvgIpc) is 3.15. The van der Waals surface area contributed by atoms with Gasteiger partial charge < -0.3 is 10.2 Å². The van der Waals surface area contributed by atoms with Crippen LogP contribution >= 0.6 is 0 Å². The van der Waals surface area contributed by atoms with E-state index in [9.17, 15) is 18.0 Å². The number of amides is 2. The summed E-state index contributed by atoms with van der Waals surface area (Å²) in [7, 11) is -0.124. The molecule has 0 radical (unpaired) electrons. The van der Waals surface area contributed by atoms with Crippen molar-refractivity contribution in [2.45, 2.75) is 4.90 Å². The number of para-hydroxylation sites is 1. The number of aromatic nitrogens is 2. The molecule has 29 heavy (non-hydrogen) atoms. The first-order valence-corrected chi connectivity index (χ1v) is 10.5. The molecular formula is C20H20N4O4S. The van der Waals surface area contributed by atoms with Crippen LogP contribution in [-0.2, 0) is 9.84 Å². The van der Waals surface area contributed by atoms with Gasteiger partial charge in [0.2, 0.25) is 0 Å². The molecule has 0 bridgehead atoms. The summed E-state index contributed by atoms with van der Waals surface area (Å²) in [5.41, 5.74) is 1.66. The number of benzene rings is 2. The van der Waals surface area contributed by atoms with Gasteiger partial charge in [-0.3, -0.25) is 9.59 Å². The van der Waals surface area contributed by atoms with Crippen molar-refractivity contribution in [3.63, 3.8) is 0 Å². The molecule has 0 spiro atoms. The molecule has 9 heteroatoms. The van der Waals surface area contributed by atoms with Crippen LogP contribution in [0, 0.1) is 0 Å². The molecule has 0 atom stereocenters. The van der Waals surface area contributed by atoms with Gasteiger partial charge in [-0.1, -0.05) is 12.1 Å². The van der Waals surface area contributed by atoms with E-state index in [-0.39, 0.29) is 16.7 Å². The largest absolute Gasteiger partial charge is 0.345 e. The smallest absolute Gasteiger partial charge is 0.255 e. The summed E-state index contributed by atoms with van der Waals surface area (Å²) in [5.74, 6) is -0.521. The molecule has 8 nitrogen and oxygen atoms in total. The SMILES string of the molecule is CN(C)C(=O)c1ccc(C(=O)Nc2cnn(-c3ccccc3S(C)(=O)=O)c2)cc1. The second-order valence-corrected chi connectivity index (χ2v) is 8.63. The lowest BCUT2D eigenvalue weighted by atomic mass is 10.1. The molecule has 0 aliphatic heterocycles. The van der Waals surface area contributed by atoms with E-state index >= 15 is 0 Å². The first-order valence-electron chi connectivity index (χ1n) is 8.64. The van der Waals surface area contributed by atoms with Gasteiger partial charge in [0.05, 0.1) is 28.7 Å². The lowest BCUT2D eigenvalue weighted by molar-refractivity contribution is 0.0827. The van der Waals surface area contributed by atoms with E-state index in [4.69, 9.17) is 0 Å². The summed E-state index contributed by atoms with van der Waals surface area (Å²) >= 11 is 0. The van der Waals surface area contributed by atoms with E-state index in [1.54, 1.807) is 56.6 Å². The molecule has 0 saturated carbocycles. The molecule has 0 aliphatic carbocycles. The van der Waals surface area contributed by atoms with Crippen molar-refractivity contribution in [3.8, 4) is 5.69 Å². The molecule has 1 heterocycles. The number of carbonyl (C=O) groups excluding carboxylic acids is 2. The molecule has 3 aromatic rings. The van der Waals surface area contributed by atoms with Crippen molar-refractivity contribution in [3.05, 3.63) is 72.1 Å². The molecular weight excluding hydrogens is 392 g/mol. The van der Waals surface area contributed by atoms with E-state index in [2.05, 4.69) is 10.4 Å². The van der Waals surface area contributed by atoms with Crippen LogP contribution in [0.4, 0.5) is 5.69 Å². The van der Waals surface area contributed by atoms with Crippen LogP contribution in [0.5, 0.6) is 0 Å². The number of anilines is 1. The Bertz CT molecular complexity index is 1170. The zero-order valence-corrected chi connectivity index (χ0v) is 17.0. The normalized spacial score (nSPS) is 11.1. The Hall–Kier alpha value is -3.46. The van der Waals surface area contributed by atoms with Crippen LogP contribution in [0.15, 0.2) is 65.8 Å². The van der Waals surface area contributed by atoms with Gasteiger partial charge in [-0.25, -0.2) is 13.1 Å². The van der Waals surface area contributed by atoms with Gasteiger partial charge in [0.1, 0.15) is 0 Å². The minimum Gasteiger partial charge on any atom is -0.345 e. The average molecular weight is 412 g/mol. The number of nitrogens with zero attached hydrogens (tertiary/aromatic N) is 3. The van der Waals surface area contributed by atoms with Gasteiger partial charge in [-0.05, 0) is 36.4 Å². The Balaban J connectivity index is 1.79. The van der Waals surface area contributed by atoms with Crippen molar-refractivity contribution in [2.24, 2.45) is 0 Å². The fraction of sp³-hybridized carbons (Fsp3) is 0.150. The predicted molar refractivity (Wildman–Crippen MR) is 109 cm³/mol. The van der Waals surface area contributed by atoms with Gasteiger partial charge in [0, 0.05) is 31.5 Å². The number of carbonyl (C=O) groups is 2. The minimum atomic E-state index is -3.43. The Labute approximate surface area is 168 Å². The fourth-order valence-corrected chi connectivity index (χ4v) is 3.57. The minimum absolute atomic E-state index is 0.141. The zero-order valence-electron chi connectivity index (χ0n) is 16.2. The standard InChI is InChI=1S/C20H20N4O4S/c1-23(2)20(26)15-10-8-14(9-11-15)19(25)22-16-12-21-24(13-16)17-6-4-5-7-18(17)29(3,27)28/h4-13H,1-3H3,(H,22,25). The van der Waals surface area contributed by atoms with Crippen LogP contribution in [0.1, 0.15) is 20.7 Å². The van der Waals surface area contributed by atoms with Crippen molar-refractivity contribution in [2.75, 3.05) is 25.7 Å². The number of nitrogens with one attached hydrogen (secondary N) is 1. The first-order chi connectivity index (χ1) is 13.7. The van der Waals surface area contributed by atoms with E-state index in [0.29, 0.717) is 22.5 Å². The van der Waals surface area contributed by atoms with E-state index in [1.165, 1.54) is 28.0 Å². The fourth-order valence-electron chi connectivity index (χ4n) is 2.70. The second-order valence-electron chi connectivity index (χ2n) is 6.64. The third-order valence-corrected chi connectivity index (χ3v) is 5.30. The molecule has 1 aromatic heterocycles. The Morgan fingerprint density at radius 3 is 2.24 bits per heavy atom. The Morgan fingerprint density at radius 2 is 1.62 bits per heavy atom. The summed E-state index contributed by atoms with van der Waals surface area (Å²) in [4.78, 5) is 26.0. The van der Waals surface area contributed by atoms with Crippen molar-refractivity contribution >= 4 is 27.3 Å². The highest BCUT2D eigenvalue weighted by Crippen LogP contribution is 2.21. The lowest BCUT2D eigenvalue weighted by Crippen LogP contribution is -2.21. The monoisotopic (exact) mass is 412 g/mol. The molecule has 2 aromatic carbocycles. The predicted octanol–water partition coefficient (Wildman–Crippen LogP) is 2.23. The van der Waals surface area contributed by atoms with E-state index in [0.717, 1.165) is 6.26 Å². The number of sulfone groups is 1. The van der Waals surface area contributed by atoms with Crippen LogP contribution in [0.3, 0.4) is 0 Å².